The van der Waals surface area contributed by atoms with Crippen LogP contribution in [0.4, 0.5) is 11.4 Å². The van der Waals surface area contributed by atoms with Crippen molar-refractivity contribution in [3.8, 4) is 11.5 Å². The fourth-order valence-electron chi connectivity index (χ4n) is 6.47. The SMILES string of the molecule is COCCCC[C@@](O)(c1ccccc1Oc1ccccc1)C1CCCN(c2c(N3CCCC(N)C3)c(=O)c2=O)C1. The van der Waals surface area contributed by atoms with Crippen LogP contribution in [0, 0.1) is 5.92 Å². The molecule has 2 aliphatic rings. The second-order valence-electron chi connectivity index (χ2n) is 11.3. The summed E-state index contributed by atoms with van der Waals surface area (Å²) in [7, 11) is 1.69. The van der Waals surface area contributed by atoms with Crippen LogP contribution in [0.25, 0.3) is 0 Å². The summed E-state index contributed by atoms with van der Waals surface area (Å²) in [6, 6.07) is 17.3. The summed E-state index contributed by atoms with van der Waals surface area (Å²) < 4.78 is 11.6. The first-order valence-electron chi connectivity index (χ1n) is 14.5. The van der Waals surface area contributed by atoms with Crippen molar-refractivity contribution < 1.29 is 14.6 Å². The van der Waals surface area contributed by atoms with Gasteiger partial charge in [0.05, 0.1) is 5.60 Å². The Hall–Kier alpha value is -3.20. The fourth-order valence-corrected chi connectivity index (χ4v) is 6.47. The van der Waals surface area contributed by atoms with Gasteiger partial charge in [0, 0.05) is 57.4 Å². The Balaban J connectivity index is 1.45. The monoisotopic (exact) mass is 547 g/mol. The Morgan fingerprint density at radius 2 is 1.55 bits per heavy atom. The van der Waals surface area contributed by atoms with Crippen LogP contribution in [0.15, 0.2) is 64.2 Å². The van der Waals surface area contributed by atoms with Crippen molar-refractivity contribution in [2.45, 2.75) is 56.6 Å². The van der Waals surface area contributed by atoms with E-state index in [1.165, 1.54) is 0 Å². The minimum absolute atomic E-state index is 0.00147. The molecule has 2 unspecified atom stereocenters. The van der Waals surface area contributed by atoms with E-state index in [1.54, 1.807) is 7.11 Å². The van der Waals surface area contributed by atoms with Crippen molar-refractivity contribution in [1.82, 2.24) is 0 Å². The standard InChI is InChI=1S/C32H41N3O5/c1-39-20-8-7-17-32(38,26-15-5-6-16-27(26)40-25-13-3-2-4-14-25)23-11-9-18-34(21-23)28-29(31(37)30(28)36)35-19-10-12-24(33)22-35/h2-6,13-16,23-24,38H,7-12,17-22,33H2,1H3/t23?,24?,32-/m0/s1. The lowest BCUT2D eigenvalue weighted by molar-refractivity contribution is -0.0413. The molecule has 0 aliphatic carbocycles. The molecule has 3 aromatic rings. The molecule has 2 saturated heterocycles. The highest BCUT2D eigenvalue weighted by atomic mass is 16.5. The number of benzene rings is 2. The second kappa shape index (κ2) is 12.5. The van der Waals surface area contributed by atoms with Crippen molar-refractivity contribution in [1.29, 1.82) is 0 Å². The van der Waals surface area contributed by atoms with E-state index in [9.17, 15) is 14.7 Å². The molecule has 0 spiro atoms. The van der Waals surface area contributed by atoms with E-state index in [1.807, 2.05) is 64.4 Å². The minimum atomic E-state index is -1.19. The lowest BCUT2D eigenvalue weighted by Gasteiger charge is -2.45. The van der Waals surface area contributed by atoms with Crippen LogP contribution in [0.2, 0.25) is 0 Å². The number of aliphatic hydroxyl groups is 1. The predicted molar refractivity (Wildman–Crippen MR) is 158 cm³/mol. The number of methoxy groups -OCH3 is 1. The maximum absolute atomic E-state index is 12.9. The van der Waals surface area contributed by atoms with Gasteiger partial charge in [0.2, 0.25) is 0 Å². The fraction of sp³-hybridized carbons (Fsp3) is 0.500. The predicted octanol–water partition coefficient (Wildman–Crippen LogP) is 3.92. The van der Waals surface area contributed by atoms with Crippen LogP contribution in [0.3, 0.4) is 0 Å². The number of rotatable bonds is 11. The molecule has 2 aliphatic heterocycles. The number of piperidine rings is 2. The number of hydrogen-bond acceptors (Lipinski definition) is 8. The molecule has 2 heterocycles. The summed E-state index contributed by atoms with van der Waals surface area (Å²) in [5, 5.41) is 12.6. The molecule has 214 valence electrons. The topological polar surface area (TPSA) is 105 Å². The summed E-state index contributed by atoms with van der Waals surface area (Å²) in [6.07, 6.45) is 5.58. The van der Waals surface area contributed by atoms with Gasteiger partial charge >= 0.3 is 0 Å². The molecule has 0 saturated carbocycles. The Bertz CT molecular complexity index is 1340. The smallest absolute Gasteiger partial charge is 0.253 e. The molecule has 8 heteroatoms. The maximum Gasteiger partial charge on any atom is 0.253 e. The quantitative estimate of drug-likeness (QED) is 0.275. The number of anilines is 2. The van der Waals surface area contributed by atoms with Crippen LogP contribution in [-0.4, -0.2) is 51.0 Å². The summed E-state index contributed by atoms with van der Waals surface area (Å²) in [5.41, 5.74) is 5.92. The molecule has 3 atom stereocenters. The molecule has 40 heavy (non-hydrogen) atoms. The zero-order valence-electron chi connectivity index (χ0n) is 23.4. The molecule has 0 radical (unpaired) electrons. The Kier molecular flexibility index (Phi) is 8.88. The van der Waals surface area contributed by atoms with E-state index >= 15 is 0 Å². The van der Waals surface area contributed by atoms with Gasteiger partial charge in [0.1, 0.15) is 22.9 Å². The second-order valence-corrected chi connectivity index (χ2v) is 11.3. The summed E-state index contributed by atoms with van der Waals surface area (Å²) in [4.78, 5) is 29.7. The third kappa shape index (κ3) is 5.80. The number of nitrogens with zero attached hydrogens (tertiary/aromatic N) is 2. The lowest BCUT2D eigenvalue weighted by atomic mass is 9.73. The van der Waals surface area contributed by atoms with E-state index in [2.05, 4.69) is 0 Å². The summed E-state index contributed by atoms with van der Waals surface area (Å²) in [5.74, 6) is 1.16. The summed E-state index contributed by atoms with van der Waals surface area (Å²) >= 11 is 0. The van der Waals surface area contributed by atoms with Crippen LogP contribution >= 0.6 is 0 Å². The van der Waals surface area contributed by atoms with Gasteiger partial charge < -0.3 is 30.1 Å². The number of unbranched alkanes of at least 4 members (excludes halogenated alkanes) is 1. The molecule has 0 bridgehead atoms. The maximum atomic E-state index is 12.9. The van der Waals surface area contributed by atoms with Crippen molar-refractivity contribution >= 4 is 11.4 Å². The van der Waals surface area contributed by atoms with Crippen molar-refractivity contribution in [3.05, 3.63) is 80.6 Å². The van der Waals surface area contributed by atoms with Gasteiger partial charge in [0.25, 0.3) is 10.9 Å². The van der Waals surface area contributed by atoms with Crippen LogP contribution in [-0.2, 0) is 10.3 Å². The molecule has 3 aromatic carbocycles. The van der Waals surface area contributed by atoms with E-state index < -0.39 is 16.5 Å². The minimum Gasteiger partial charge on any atom is -0.457 e. The van der Waals surface area contributed by atoms with E-state index in [-0.39, 0.29) is 12.0 Å². The highest BCUT2D eigenvalue weighted by Gasteiger charge is 2.44. The molecule has 0 amide bonds. The average molecular weight is 548 g/mol. The first-order chi connectivity index (χ1) is 19.4. The highest BCUT2D eigenvalue weighted by Crippen LogP contribution is 2.45. The molecule has 0 aromatic heterocycles. The third-order valence-electron chi connectivity index (χ3n) is 8.53. The Labute approximate surface area is 236 Å². The first-order valence-corrected chi connectivity index (χ1v) is 14.5. The zero-order chi connectivity index (χ0) is 28.1. The third-order valence-corrected chi connectivity index (χ3v) is 8.53. The van der Waals surface area contributed by atoms with Gasteiger partial charge in [-0.3, -0.25) is 9.59 Å². The van der Waals surface area contributed by atoms with Gasteiger partial charge in [-0.15, -0.1) is 0 Å². The molecule has 5 rings (SSSR count). The van der Waals surface area contributed by atoms with Crippen LogP contribution < -0.4 is 31.1 Å². The number of para-hydroxylation sites is 2. The molecule has 2 fully saturated rings. The first kappa shape index (κ1) is 28.3. The molecule has 8 nitrogen and oxygen atoms in total. The van der Waals surface area contributed by atoms with Crippen LogP contribution in [0.1, 0.15) is 50.5 Å². The highest BCUT2D eigenvalue weighted by molar-refractivity contribution is 5.76. The lowest BCUT2D eigenvalue weighted by Crippen LogP contribution is -2.54. The molecule has 3 N–H and O–H groups in total. The number of ether oxygens (including phenoxy) is 2. The molecular weight excluding hydrogens is 506 g/mol. The van der Waals surface area contributed by atoms with E-state index in [0.29, 0.717) is 55.5 Å². The Morgan fingerprint density at radius 1 is 0.900 bits per heavy atom. The van der Waals surface area contributed by atoms with Gasteiger partial charge in [-0.25, -0.2) is 0 Å². The van der Waals surface area contributed by atoms with Gasteiger partial charge in [-0.05, 0) is 63.1 Å². The van der Waals surface area contributed by atoms with Crippen molar-refractivity contribution in [2.75, 3.05) is 49.7 Å². The molecular formula is C32H41N3O5. The summed E-state index contributed by atoms with van der Waals surface area (Å²) in [6.45, 7) is 3.10. The van der Waals surface area contributed by atoms with Gasteiger partial charge in [-0.2, -0.15) is 0 Å². The van der Waals surface area contributed by atoms with E-state index in [4.69, 9.17) is 15.2 Å². The van der Waals surface area contributed by atoms with Gasteiger partial charge in [-0.1, -0.05) is 36.4 Å². The normalized spacial score (nSPS) is 21.4. The average Bonchev–Trinajstić information content (AvgIpc) is 2.98. The van der Waals surface area contributed by atoms with E-state index in [0.717, 1.165) is 50.6 Å². The largest absolute Gasteiger partial charge is 0.457 e. The van der Waals surface area contributed by atoms with Crippen molar-refractivity contribution in [3.63, 3.8) is 0 Å². The number of hydrogen-bond donors (Lipinski definition) is 2. The van der Waals surface area contributed by atoms with Crippen molar-refractivity contribution in [2.24, 2.45) is 11.7 Å². The zero-order valence-corrected chi connectivity index (χ0v) is 23.4. The Morgan fingerprint density at radius 3 is 2.25 bits per heavy atom. The van der Waals surface area contributed by atoms with Gasteiger partial charge in [0.15, 0.2) is 0 Å². The van der Waals surface area contributed by atoms with Crippen LogP contribution in [0.5, 0.6) is 11.5 Å². The number of nitrogens with two attached hydrogens (primary N) is 1.